The number of nitrogens with zero attached hydrogens (tertiary/aromatic N) is 1. The Morgan fingerprint density at radius 2 is 2.18 bits per heavy atom. The van der Waals surface area contributed by atoms with Crippen molar-refractivity contribution in [2.24, 2.45) is 0 Å². The van der Waals surface area contributed by atoms with Gasteiger partial charge in [-0.05, 0) is 12.1 Å². The molecule has 0 radical (unpaired) electrons. The van der Waals surface area contributed by atoms with Crippen LogP contribution in [0.2, 0.25) is 0 Å². The fourth-order valence-electron chi connectivity index (χ4n) is 1.74. The molecule has 1 aromatic carbocycles. The lowest BCUT2D eigenvalue weighted by Crippen LogP contribution is -2.32. The third-order valence-electron chi connectivity index (χ3n) is 2.71. The fraction of sp³-hybridized carbons (Fsp3) is 0.385. The molecule has 0 saturated carbocycles. The number of carbonyl (C=O) groups is 2. The van der Waals surface area contributed by atoms with Gasteiger partial charge in [-0.1, -0.05) is 13.0 Å². The topological polar surface area (TPSA) is 65.1 Å². The number of hydrogen-bond acceptors (Lipinski definition) is 5. The van der Waals surface area contributed by atoms with E-state index in [4.69, 9.17) is 9.47 Å². The first-order valence-corrected chi connectivity index (χ1v) is 6.28. The minimum atomic E-state index is -4.83. The zero-order valence-electron chi connectivity index (χ0n) is 11.4. The summed E-state index contributed by atoms with van der Waals surface area (Å²) in [5.74, 6) is -1.76. The van der Waals surface area contributed by atoms with Gasteiger partial charge in [0, 0.05) is 18.2 Å². The Morgan fingerprint density at radius 1 is 1.45 bits per heavy atom. The van der Waals surface area contributed by atoms with Gasteiger partial charge >= 0.3 is 12.3 Å². The van der Waals surface area contributed by atoms with Crippen LogP contribution in [0, 0.1) is 0 Å². The third kappa shape index (κ3) is 3.88. The standard InChI is InChI=1S/C13H12F3NO5/c1-2-10(18)21-12-11(19)17(7-20-12)8-4-3-5-9(6-8)22-13(14,15)16/h3-6,12H,2,7H2,1H3. The molecule has 1 atom stereocenters. The van der Waals surface area contributed by atoms with Crippen LogP contribution in [0.25, 0.3) is 0 Å². The van der Waals surface area contributed by atoms with Gasteiger partial charge in [0.05, 0.1) is 0 Å². The minimum absolute atomic E-state index is 0.0715. The molecular weight excluding hydrogens is 307 g/mol. The molecule has 0 aliphatic carbocycles. The SMILES string of the molecule is CCC(=O)OC1OCN(c2cccc(OC(F)(F)F)c2)C1=O. The molecule has 0 N–H and O–H groups in total. The molecule has 22 heavy (non-hydrogen) atoms. The normalized spacial score (nSPS) is 18.5. The average Bonchev–Trinajstić information content (AvgIpc) is 2.78. The van der Waals surface area contributed by atoms with E-state index in [1.165, 1.54) is 12.1 Å². The smallest absolute Gasteiger partial charge is 0.426 e. The third-order valence-corrected chi connectivity index (χ3v) is 2.71. The number of ether oxygens (including phenoxy) is 3. The molecule has 120 valence electrons. The zero-order valence-corrected chi connectivity index (χ0v) is 11.4. The highest BCUT2D eigenvalue weighted by Crippen LogP contribution is 2.29. The number of halogens is 3. The number of amides is 1. The predicted octanol–water partition coefficient (Wildman–Crippen LogP) is 2.19. The van der Waals surface area contributed by atoms with E-state index in [-0.39, 0.29) is 18.8 Å². The Balaban J connectivity index is 2.11. The first kappa shape index (κ1) is 16.1. The van der Waals surface area contributed by atoms with Crippen LogP contribution >= 0.6 is 0 Å². The van der Waals surface area contributed by atoms with Gasteiger partial charge < -0.3 is 14.2 Å². The van der Waals surface area contributed by atoms with Crippen molar-refractivity contribution in [3.8, 4) is 5.75 Å². The van der Waals surface area contributed by atoms with E-state index in [9.17, 15) is 22.8 Å². The lowest BCUT2D eigenvalue weighted by molar-refractivity contribution is -0.274. The van der Waals surface area contributed by atoms with Crippen LogP contribution in [0.1, 0.15) is 13.3 Å². The highest BCUT2D eigenvalue weighted by molar-refractivity contribution is 5.98. The molecule has 1 aliphatic heterocycles. The number of alkyl halides is 3. The van der Waals surface area contributed by atoms with Crippen LogP contribution in [0.3, 0.4) is 0 Å². The van der Waals surface area contributed by atoms with Crippen molar-refractivity contribution < 1.29 is 37.0 Å². The summed E-state index contributed by atoms with van der Waals surface area (Å²) in [5, 5.41) is 0. The van der Waals surface area contributed by atoms with Crippen LogP contribution in [-0.2, 0) is 19.1 Å². The summed E-state index contributed by atoms with van der Waals surface area (Å²) in [6, 6.07) is 4.86. The molecule has 6 nitrogen and oxygen atoms in total. The minimum Gasteiger partial charge on any atom is -0.426 e. The summed E-state index contributed by atoms with van der Waals surface area (Å²) >= 11 is 0. The van der Waals surface area contributed by atoms with E-state index in [1.54, 1.807) is 6.92 Å². The number of benzene rings is 1. The average molecular weight is 319 g/mol. The van der Waals surface area contributed by atoms with Crippen molar-refractivity contribution >= 4 is 17.6 Å². The number of anilines is 1. The summed E-state index contributed by atoms with van der Waals surface area (Å²) < 4.78 is 50.1. The summed E-state index contributed by atoms with van der Waals surface area (Å²) in [4.78, 5) is 24.2. The maximum atomic E-state index is 12.2. The van der Waals surface area contributed by atoms with E-state index in [2.05, 4.69) is 4.74 Å². The van der Waals surface area contributed by atoms with Crippen molar-refractivity contribution in [2.45, 2.75) is 26.0 Å². The molecule has 1 aliphatic rings. The molecular formula is C13H12F3NO5. The second-order valence-corrected chi connectivity index (χ2v) is 4.28. The van der Waals surface area contributed by atoms with E-state index in [1.807, 2.05) is 0 Å². The van der Waals surface area contributed by atoms with Crippen molar-refractivity contribution in [1.82, 2.24) is 0 Å². The Kier molecular flexibility index (Phi) is 4.55. The largest absolute Gasteiger partial charge is 0.573 e. The second kappa shape index (κ2) is 6.22. The number of carbonyl (C=O) groups excluding carboxylic acids is 2. The maximum Gasteiger partial charge on any atom is 0.573 e. The van der Waals surface area contributed by atoms with Crippen LogP contribution in [0.15, 0.2) is 24.3 Å². The molecule has 1 heterocycles. The first-order chi connectivity index (χ1) is 10.3. The van der Waals surface area contributed by atoms with Crippen LogP contribution in [-0.4, -0.2) is 31.3 Å². The van der Waals surface area contributed by atoms with E-state index in [0.717, 1.165) is 17.0 Å². The van der Waals surface area contributed by atoms with Gasteiger partial charge in [-0.15, -0.1) is 13.2 Å². The van der Waals surface area contributed by atoms with Gasteiger partial charge in [0.25, 0.3) is 12.2 Å². The molecule has 1 aromatic rings. The molecule has 1 saturated heterocycles. The van der Waals surface area contributed by atoms with Gasteiger partial charge in [0.15, 0.2) is 0 Å². The van der Waals surface area contributed by atoms with Gasteiger partial charge in [-0.3, -0.25) is 14.5 Å². The lowest BCUT2D eigenvalue weighted by atomic mass is 10.3. The van der Waals surface area contributed by atoms with Crippen LogP contribution in [0.5, 0.6) is 5.75 Å². The Labute approximate surface area is 123 Å². The molecule has 1 fully saturated rings. The number of esters is 1. The highest BCUT2D eigenvalue weighted by Gasteiger charge is 2.37. The van der Waals surface area contributed by atoms with E-state index < -0.39 is 30.3 Å². The van der Waals surface area contributed by atoms with Crippen molar-refractivity contribution in [1.29, 1.82) is 0 Å². The summed E-state index contributed by atoms with van der Waals surface area (Å²) in [6.45, 7) is 1.31. The van der Waals surface area contributed by atoms with Crippen molar-refractivity contribution in [3.63, 3.8) is 0 Å². The molecule has 0 bridgehead atoms. The lowest BCUT2D eigenvalue weighted by Gasteiger charge is -2.16. The summed E-state index contributed by atoms with van der Waals surface area (Å²) in [6.07, 6.45) is -6.15. The summed E-state index contributed by atoms with van der Waals surface area (Å²) in [5.41, 5.74) is 0.141. The van der Waals surface area contributed by atoms with Gasteiger partial charge in [0.2, 0.25) is 0 Å². The Bertz CT molecular complexity index is 575. The van der Waals surface area contributed by atoms with Gasteiger partial charge in [0.1, 0.15) is 12.5 Å². The number of hydrogen-bond donors (Lipinski definition) is 0. The van der Waals surface area contributed by atoms with E-state index in [0.29, 0.717) is 0 Å². The molecule has 1 unspecified atom stereocenters. The second-order valence-electron chi connectivity index (χ2n) is 4.28. The van der Waals surface area contributed by atoms with Crippen molar-refractivity contribution in [3.05, 3.63) is 24.3 Å². The molecule has 9 heteroatoms. The maximum absolute atomic E-state index is 12.2. The van der Waals surface area contributed by atoms with Gasteiger partial charge in [-0.2, -0.15) is 0 Å². The predicted molar refractivity (Wildman–Crippen MR) is 66.7 cm³/mol. The molecule has 0 aromatic heterocycles. The fourth-order valence-corrected chi connectivity index (χ4v) is 1.74. The highest BCUT2D eigenvalue weighted by atomic mass is 19.4. The molecule has 1 amide bonds. The zero-order chi connectivity index (χ0) is 16.3. The first-order valence-electron chi connectivity index (χ1n) is 6.28. The Hall–Kier alpha value is -2.29. The number of rotatable bonds is 4. The quantitative estimate of drug-likeness (QED) is 0.796. The molecule has 2 rings (SSSR count). The Morgan fingerprint density at radius 3 is 2.82 bits per heavy atom. The monoisotopic (exact) mass is 319 g/mol. The van der Waals surface area contributed by atoms with Crippen LogP contribution < -0.4 is 9.64 Å². The van der Waals surface area contributed by atoms with Gasteiger partial charge in [-0.25, -0.2) is 0 Å². The van der Waals surface area contributed by atoms with Crippen molar-refractivity contribution in [2.75, 3.05) is 11.6 Å². The van der Waals surface area contributed by atoms with E-state index >= 15 is 0 Å². The van der Waals surface area contributed by atoms with Crippen LogP contribution in [0.4, 0.5) is 18.9 Å². The summed E-state index contributed by atoms with van der Waals surface area (Å²) in [7, 11) is 0. The molecule has 0 spiro atoms.